The summed E-state index contributed by atoms with van der Waals surface area (Å²) in [6, 6.07) is 13.7. The van der Waals surface area contributed by atoms with E-state index in [-0.39, 0.29) is 0 Å². The number of thiophene rings is 1. The Labute approximate surface area is 140 Å². The third-order valence-corrected chi connectivity index (χ3v) is 5.36. The summed E-state index contributed by atoms with van der Waals surface area (Å²) in [6.07, 6.45) is 1.12. The number of benzene rings is 1. The van der Waals surface area contributed by atoms with Gasteiger partial charge in [-0.1, -0.05) is 51.1 Å². The Hall–Kier alpha value is -0.640. The number of hydrogen-bond donors (Lipinski definition) is 1. The van der Waals surface area contributed by atoms with E-state index < -0.39 is 0 Å². The van der Waals surface area contributed by atoms with E-state index >= 15 is 0 Å². The summed E-state index contributed by atoms with van der Waals surface area (Å²) in [7, 11) is 0. The van der Waals surface area contributed by atoms with E-state index in [0.29, 0.717) is 17.5 Å². The lowest BCUT2D eigenvalue weighted by Gasteiger charge is -2.29. The van der Waals surface area contributed by atoms with Crippen LogP contribution in [-0.2, 0) is 0 Å². The molecule has 0 spiro atoms. The summed E-state index contributed by atoms with van der Waals surface area (Å²) in [5.74, 6) is 0. The molecule has 0 saturated carbocycles. The standard InChI is InChI=1S/C18H24BrNS/c1-13(17-10-15(19)12-21-17)20-16(11-18(2,3)4)14-8-6-5-7-9-14/h5-10,12-13,16,20H,11H2,1-4H3. The topological polar surface area (TPSA) is 12.0 Å². The summed E-state index contributed by atoms with van der Waals surface area (Å²) < 4.78 is 1.17. The maximum absolute atomic E-state index is 3.81. The second kappa shape index (κ2) is 7.08. The molecular formula is C18H24BrNS. The highest BCUT2D eigenvalue weighted by molar-refractivity contribution is 9.10. The van der Waals surface area contributed by atoms with Crippen LogP contribution in [0.25, 0.3) is 0 Å². The van der Waals surface area contributed by atoms with Gasteiger partial charge in [0.05, 0.1) is 0 Å². The summed E-state index contributed by atoms with van der Waals surface area (Å²) in [5, 5.41) is 5.96. The van der Waals surface area contributed by atoms with E-state index in [4.69, 9.17) is 0 Å². The third-order valence-electron chi connectivity index (χ3n) is 3.48. The highest BCUT2D eigenvalue weighted by Crippen LogP contribution is 2.33. The van der Waals surface area contributed by atoms with Crippen LogP contribution in [0.5, 0.6) is 0 Å². The van der Waals surface area contributed by atoms with Gasteiger partial charge in [-0.15, -0.1) is 11.3 Å². The molecule has 2 unspecified atom stereocenters. The highest BCUT2D eigenvalue weighted by atomic mass is 79.9. The maximum atomic E-state index is 3.81. The molecule has 3 heteroatoms. The van der Waals surface area contributed by atoms with Gasteiger partial charge in [0.2, 0.25) is 0 Å². The molecule has 1 heterocycles. The van der Waals surface area contributed by atoms with Gasteiger partial charge in [0, 0.05) is 26.8 Å². The smallest absolute Gasteiger partial charge is 0.0391 e. The lowest BCUT2D eigenvalue weighted by molar-refractivity contribution is 0.298. The van der Waals surface area contributed by atoms with Crippen LogP contribution in [0.2, 0.25) is 0 Å². The fraction of sp³-hybridized carbons (Fsp3) is 0.444. The van der Waals surface area contributed by atoms with Gasteiger partial charge in [0.25, 0.3) is 0 Å². The van der Waals surface area contributed by atoms with Crippen LogP contribution in [0.1, 0.15) is 56.6 Å². The van der Waals surface area contributed by atoms with Gasteiger partial charge in [0.1, 0.15) is 0 Å². The molecule has 1 nitrogen and oxygen atoms in total. The quantitative estimate of drug-likeness (QED) is 0.651. The third kappa shape index (κ3) is 5.24. The van der Waals surface area contributed by atoms with Gasteiger partial charge in [-0.25, -0.2) is 0 Å². The normalized spacial score (nSPS) is 14.9. The first kappa shape index (κ1) is 16.7. The minimum Gasteiger partial charge on any atom is -0.303 e. The summed E-state index contributed by atoms with van der Waals surface area (Å²) in [5.41, 5.74) is 1.67. The van der Waals surface area contributed by atoms with Crippen molar-refractivity contribution in [2.24, 2.45) is 5.41 Å². The van der Waals surface area contributed by atoms with Crippen LogP contribution < -0.4 is 5.32 Å². The van der Waals surface area contributed by atoms with Gasteiger partial charge < -0.3 is 5.32 Å². The molecule has 2 atom stereocenters. The van der Waals surface area contributed by atoms with Crippen LogP contribution in [-0.4, -0.2) is 0 Å². The van der Waals surface area contributed by atoms with Crippen molar-refractivity contribution in [1.29, 1.82) is 0 Å². The summed E-state index contributed by atoms with van der Waals surface area (Å²) in [4.78, 5) is 1.37. The van der Waals surface area contributed by atoms with E-state index in [1.54, 1.807) is 11.3 Å². The SMILES string of the molecule is CC(NC(CC(C)(C)C)c1ccccc1)c1cc(Br)cs1. The average molecular weight is 366 g/mol. The number of halogens is 1. The Morgan fingerprint density at radius 3 is 2.38 bits per heavy atom. The molecule has 0 radical (unpaired) electrons. The number of rotatable bonds is 5. The predicted octanol–water partition coefficient (Wildman–Crippen LogP) is 6.34. The van der Waals surface area contributed by atoms with Gasteiger partial charge in [-0.2, -0.15) is 0 Å². The van der Waals surface area contributed by atoms with Crippen molar-refractivity contribution < 1.29 is 0 Å². The maximum Gasteiger partial charge on any atom is 0.0391 e. The zero-order chi connectivity index (χ0) is 15.5. The van der Waals surface area contributed by atoms with Crippen molar-refractivity contribution in [3.05, 3.63) is 56.7 Å². The molecule has 0 aliphatic heterocycles. The van der Waals surface area contributed by atoms with Gasteiger partial charge in [0.15, 0.2) is 0 Å². The minimum atomic E-state index is 0.295. The molecule has 2 aromatic rings. The molecule has 1 N–H and O–H groups in total. The molecule has 2 rings (SSSR count). The molecule has 0 aliphatic carbocycles. The molecule has 0 saturated heterocycles. The zero-order valence-electron chi connectivity index (χ0n) is 13.2. The van der Waals surface area contributed by atoms with Crippen molar-refractivity contribution >= 4 is 27.3 Å². The molecule has 1 aromatic carbocycles. The average Bonchev–Trinajstić information content (AvgIpc) is 2.84. The van der Waals surface area contributed by atoms with Crippen molar-refractivity contribution in [3.8, 4) is 0 Å². The monoisotopic (exact) mass is 365 g/mol. The van der Waals surface area contributed by atoms with Crippen LogP contribution in [0.3, 0.4) is 0 Å². The van der Waals surface area contributed by atoms with E-state index in [1.807, 2.05) is 0 Å². The molecular weight excluding hydrogens is 342 g/mol. The van der Waals surface area contributed by atoms with E-state index in [1.165, 1.54) is 14.9 Å². The molecule has 0 amide bonds. The van der Waals surface area contributed by atoms with Crippen LogP contribution >= 0.6 is 27.3 Å². The summed E-state index contributed by atoms with van der Waals surface area (Å²) >= 11 is 5.35. The number of nitrogens with one attached hydrogen (secondary N) is 1. The molecule has 0 aliphatic rings. The molecule has 0 bridgehead atoms. The van der Waals surface area contributed by atoms with Crippen LogP contribution in [0.15, 0.2) is 46.3 Å². The predicted molar refractivity (Wildman–Crippen MR) is 96.8 cm³/mol. The Morgan fingerprint density at radius 2 is 1.86 bits per heavy atom. The fourth-order valence-electron chi connectivity index (χ4n) is 2.51. The minimum absolute atomic E-state index is 0.295. The molecule has 1 aromatic heterocycles. The second-order valence-corrected chi connectivity index (χ2v) is 8.64. The first-order chi connectivity index (χ1) is 9.85. The van der Waals surface area contributed by atoms with Crippen molar-refractivity contribution in [3.63, 3.8) is 0 Å². The van der Waals surface area contributed by atoms with E-state index in [0.717, 1.165) is 6.42 Å². The first-order valence-corrected chi connectivity index (χ1v) is 9.07. The summed E-state index contributed by atoms with van der Waals surface area (Å²) in [6.45, 7) is 9.15. The van der Waals surface area contributed by atoms with E-state index in [2.05, 4.69) is 90.7 Å². The largest absolute Gasteiger partial charge is 0.303 e. The van der Waals surface area contributed by atoms with Crippen molar-refractivity contribution in [2.75, 3.05) is 0 Å². The van der Waals surface area contributed by atoms with Gasteiger partial charge in [-0.3, -0.25) is 0 Å². The fourth-order valence-corrected chi connectivity index (χ4v) is 3.97. The van der Waals surface area contributed by atoms with Gasteiger partial charge >= 0.3 is 0 Å². The Balaban J connectivity index is 2.16. The zero-order valence-corrected chi connectivity index (χ0v) is 15.6. The second-order valence-electron chi connectivity index (χ2n) is 6.78. The Kier molecular flexibility index (Phi) is 5.64. The lowest BCUT2D eigenvalue weighted by atomic mass is 9.85. The van der Waals surface area contributed by atoms with Crippen molar-refractivity contribution in [1.82, 2.24) is 5.32 Å². The van der Waals surface area contributed by atoms with E-state index in [9.17, 15) is 0 Å². The molecule has 0 fully saturated rings. The molecule has 114 valence electrons. The first-order valence-electron chi connectivity index (χ1n) is 7.40. The lowest BCUT2D eigenvalue weighted by Crippen LogP contribution is -2.27. The molecule has 21 heavy (non-hydrogen) atoms. The number of hydrogen-bond acceptors (Lipinski definition) is 2. The van der Waals surface area contributed by atoms with Gasteiger partial charge in [-0.05, 0) is 46.3 Å². The Bertz CT molecular complexity index is 556. The Morgan fingerprint density at radius 1 is 1.19 bits per heavy atom. The van der Waals surface area contributed by atoms with Crippen LogP contribution in [0.4, 0.5) is 0 Å². The highest BCUT2D eigenvalue weighted by Gasteiger charge is 2.22. The van der Waals surface area contributed by atoms with Crippen LogP contribution in [0, 0.1) is 5.41 Å². The van der Waals surface area contributed by atoms with Crippen molar-refractivity contribution in [2.45, 2.75) is 46.2 Å².